The van der Waals surface area contributed by atoms with Crippen molar-refractivity contribution in [2.45, 2.75) is 18.9 Å². The van der Waals surface area contributed by atoms with Crippen molar-refractivity contribution in [3.63, 3.8) is 0 Å². The van der Waals surface area contributed by atoms with Crippen molar-refractivity contribution in [2.24, 2.45) is 0 Å². The van der Waals surface area contributed by atoms with Crippen LogP contribution in [0.1, 0.15) is 6.42 Å². The molecule has 5 heteroatoms. The van der Waals surface area contributed by atoms with Crippen LogP contribution in [0.4, 0.5) is 8.78 Å². The van der Waals surface area contributed by atoms with Gasteiger partial charge in [0.1, 0.15) is 0 Å². The van der Waals surface area contributed by atoms with Crippen LogP contribution in [0.5, 0.6) is 0 Å². The number of alkyl halides is 2. The second-order valence-electron chi connectivity index (χ2n) is 3.49. The highest BCUT2D eigenvalue weighted by Crippen LogP contribution is 2.15. The molecule has 13 heavy (non-hydrogen) atoms. The van der Waals surface area contributed by atoms with Crippen LogP contribution in [-0.2, 0) is 4.79 Å². The van der Waals surface area contributed by atoms with E-state index in [4.69, 9.17) is 0 Å². The van der Waals surface area contributed by atoms with E-state index in [0.717, 1.165) is 6.42 Å². The summed E-state index contributed by atoms with van der Waals surface area (Å²) in [6.45, 7) is 0.877. The minimum absolute atomic E-state index is 0.225. The number of rotatable bonds is 2. The molecule has 1 aliphatic heterocycles. The van der Waals surface area contributed by atoms with Crippen LogP contribution in [0.25, 0.3) is 0 Å². The van der Waals surface area contributed by atoms with E-state index in [1.807, 2.05) is 19.0 Å². The Balaban J connectivity index is 2.45. The number of likely N-dealkylation sites (tertiary alicyclic amines) is 1. The van der Waals surface area contributed by atoms with Crippen molar-refractivity contribution in [1.29, 1.82) is 0 Å². The third-order valence-corrected chi connectivity index (χ3v) is 2.39. The first-order chi connectivity index (χ1) is 6.02. The average molecular weight is 192 g/mol. The second-order valence-corrected chi connectivity index (χ2v) is 3.49. The third kappa shape index (κ3) is 2.37. The van der Waals surface area contributed by atoms with Gasteiger partial charge in [-0.3, -0.25) is 4.79 Å². The largest absolute Gasteiger partial charge is 0.336 e. The Morgan fingerprint density at radius 2 is 2.15 bits per heavy atom. The van der Waals surface area contributed by atoms with Gasteiger partial charge in [0, 0.05) is 19.1 Å². The number of hydrogen-bond donors (Lipinski definition) is 0. The molecule has 1 atom stereocenters. The minimum atomic E-state index is -2.86. The van der Waals surface area contributed by atoms with Gasteiger partial charge in [-0.15, -0.1) is 0 Å². The highest BCUT2D eigenvalue weighted by atomic mass is 19.3. The van der Waals surface area contributed by atoms with Gasteiger partial charge in [-0.05, 0) is 20.5 Å². The summed E-state index contributed by atoms with van der Waals surface area (Å²) in [5.41, 5.74) is 0. The van der Waals surface area contributed by atoms with Crippen LogP contribution in [0.2, 0.25) is 0 Å². The summed E-state index contributed by atoms with van der Waals surface area (Å²) in [6, 6.07) is 0.225. The first-order valence-corrected chi connectivity index (χ1v) is 4.25. The van der Waals surface area contributed by atoms with Crippen LogP contribution in [0.3, 0.4) is 0 Å². The molecule has 1 fully saturated rings. The van der Waals surface area contributed by atoms with Gasteiger partial charge >= 0.3 is 6.43 Å². The Kier molecular flexibility index (Phi) is 3.19. The normalized spacial score (nSPS) is 23.2. The smallest absolute Gasteiger partial charge is 0.315 e. The van der Waals surface area contributed by atoms with Crippen LogP contribution in [0.15, 0.2) is 0 Å². The van der Waals surface area contributed by atoms with Crippen molar-refractivity contribution < 1.29 is 13.6 Å². The average Bonchev–Trinajstić information content (AvgIpc) is 2.50. The number of nitrogens with zero attached hydrogens (tertiary/aromatic N) is 2. The van der Waals surface area contributed by atoms with Crippen LogP contribution in [-0.4, -0.2) is 55.4 Å². The van der Waals surface area contributed by atoms with Gasteiger partial charge < -0.3 is 9.80 Å². The molecule has 0 aromatic heterocycles. The number of hydrogen-bond acceptors (Lipinski definition) is 2. The minimum Gasteiger partial charge on any atom is -0.336 e. The van der Waals surface area contributed by atoms with Gasteiger partial charge in [-0.2, -0.15) is 8.78 Å². The van der Waals surface area contributed by atoms with E-state index in [1.165, 1.54) is 4.90 Å². The molecule has 1 rings (SSSR count). The van der Waals surface area contributed by atoms with Crippen molar-refractivity contribution in [3.8, 4) is 0 Å². The molecule has 0 N–H and O–H groups in total. The Bertz CT molecular complexity index is 197. The number of amides is 1. The standard InChI is InChI=1S/C8H14F2N2O/c1-11(2)6-3-4-12(5-6)8(13)7(9)10/h6-7H,3-5H2,1-2H3. The van der Waals surface area contributed by atoms with Crippen molar-refractivity contribution in [2.75, 3.05) is 27.2 Å². The molecule has 1 aliphatic rings. The molecular formula is C8H14F2N2O. The first-order valence-electron chi connectivity index (χ1n) is 4.25. The van der Waals surface area contributed by atoms with E-state index in [9.17, 15) is 13.6 Å². The molecule has 0 aromatic carbocycles. The van der Waals surface area contributed by atoms with Gasteiger partial charge in [-0.25, -0.2) is 0 Å². The number of carbonyl (C=O) groups is 1. The molecule has 0 spiro atoms. The van der Waals surface area contributed by atoms with Crippen molar-refractivity contribution >= 4 is 5.91 Å². The summed E-state index contributed by atoms with van der Waals surface area (Å²) in [5, 5.41) is 0. The lowest BCUT2D eigenvalue weighted by Gasteiger charge is -2.19. The fourth-order valence-corrected chi connectivity index (χ4v) is 1.50. The lowest BCUT2D eigenvalue weighted by Crippen LogP contribution is -2.37. The van der Waals surface area contributed by atoms with Crippen LogP contribution < -0.4 is 0 Å². The van der Waals surface area contributed by atoms with E-state index < -0.39 is 12.3 Å². The summed E-state index contributed by atoms with van der Waals surface area (Å²) in [5.74, 6) is -1.04. The zero-order chi connectivity index (χ0) is 10.0. The lowest BCUT2D eigenvalue weighted by atomic mass is 10.2. The molecule has 3 nitrogen and oxygen atoms in total. The molecule has 1 heterocycles. The molecule has 0 saturated carbocycles. The summed E-state index contributed by atoms with van der Waals surface area (Å²) in [7, 11) is 3.78. The Morgan fingerprint density at radius 1 is 1.54 bits per heavy atom. The van der Waals surface area contributed by atoms with Crippen LogP contribution in [0, 0.1) is 0 Å². The molecule has 0 aromatic rings. The predicted octanol–water partition coefficient (Wildman–Crippen LogP) is 0.414. The molecule has 76 valence electrons. The quantitative estimate of drug-likeness (QED) is 0.633. The molecular weight excluding hydrogens is 178 g/mol. The molecule has 1 unspecified atom stereocenters. The van der Waals surface area contributed by atoms with E-state index in [2.05, 4.69) is 0 Å². The highest BCUT2D eigenvalue weighted by molar-refractivity contribution is 5.79. The van der Waals surface area contributed by atoms with Crippen LogP contribution >= 0.6 is 0 Å². The summed E-state index contributed by atoms with van der Waals surface area (Å²) >= 11 is 0. The fourth-order valence-electron chi connectivity index (χ4n) is 1.50. The van der Waals surface area contributed by atoms with Gasteiger partial charge in [0.2, 0.25) is 0 Å². The van der Waals surface area contributed by atoms with E-state index in [-0.39, 0.29) is 6.04 Å². The fraction of sp³-hybridized carbons (Fsp3) is 0.875. The van der Waals surface area contributed by atoms with E-state index in [0.29, 0.717) is 13.1 Å². The maximum Gasteiger partial charge on any atom is 0.315 e. The summed E-state index contributed by atoms with van der Waals surface area (Å²) in [6.07, 6.45) is -2.08. The van der Waals surface area contributed by atoms with Crippen molar-refractivity contribution in [1.82, 2.24) is 9.80 Å². The number of likely N-dealkylation sites (N-methyl/N-ethyl adjacent to an activating group) is 1. The maximum absolute atomic E-state index is 12.0. The van der Waals surface area contributed by atoms with Gasteiger partial charge in [0.25, 0.3) is 5.91 Å². The summed E-state index contributed by atoms with van der Waals surface area (Å²) < 4.78 is 24.0. The van der Waals surface area contributed by atoms with E-state index >= 15 is 0 Å². The predicted molar refractivity (Wildman–Crippen MR) is 44.7 cm³/mol. The molecule has 1 amide bonds. The molecule has 0 aliphatic carbocycles. The second kappa shape index (κ2) is 4.00. The van der Waals surface area contributed by atoms with E-state index in [1.54, 1.807) is 0 Å². The van der Waals surface area contributed by atoms with Gasteiger partial charge in [0.15, 0.2) is 0 Å². The Hall–Kier alpha value is -0.710. The maximum atomic E-state index is 12.0. The molecule has 0 radical (unpaired) electrons. The third-order valence-electron chi connectivity index (χ3n) is 2.39. The highest BCUT2D eigenvalue weighted by Gasteiger charge is 2.31. The first kappa shape index (κ1) is 10.4. The van der Waals surface area contributed by atoms with Gasteiger partial charge in [0.05, 0.1) is 0 Å². The monoisotopic (exact) mass is 192 g/mol. The zero-order valence-electron chi connectivity index (χ0n) is 7.83. The Morgan fingerprint density at radius 3 is 2.54 bits per heavy atom. The summed E-state index contributed by atoms with van der Waals surface area (Å²) in [4.78, 5) is 14.1. The van der Waals surface area contributed by atoms with Gasteiger partial charge in [-0.1, -0.05) is 0 Å². The lowest BCUT2D eigenvalue weighted by molar-refractivity contribution is -0.141. The molecule has 1 saturated heterocycles. The molecule has 0 bridgehead atoms. The topological polar surface area (TPSA) is 23.6 Å². The number of carbonyl (C=O) groups excluding carboxylic acids is 1. The Labute approximate surface area is 76.3 Å². The number of halogens is 2. The van der Waals surface area contributed by atoms with Crippen molar-refractivity contribution in [3.05, 3.63) is 0 Å². The SMILES string of the molecule is CN(C)C1CCN(C(=O)C(F)F)C1. The zero-order valence-corrected chi connectivity index (χ0v) is 7.83.